The predicted octanol–water partition coefficient (Wildman–Crippen LogP) is 1.53. The van der Waals surface area contributed by atoms with Crippen molar-refractivity contribution in [3.05, 3.63) is 58.3 Å². The van der Waals surface area contributed by atoms with Gasteiger partial charge in [0.05, 0.1) is 18.1 Å². The number of H-pyrrole nitrogens is 1. The molecule has 1 amide bonds. The van der Waals surface area contributed by atoms with Gasteiger partial charge in [-0.3, -0.25) is 9.59 Å². The molecule has 1 aliphatic rings. The minimum absolute atomic E-state index is 0.0219. The lowest BCUT2D eigenvalue weighted by Crippen LogP contribution is -2.37. The van der Waals surface area contributed by atoms with Crippen LogP contribution in [-0.2, 0) is 11.2 Å². The lowest BCUT2D eigenvalue weighted by molar-refractivity contribution is -0.121. The number of aryl methyl sites for hydroxylation is 1. The minimum atomic E-state index is -0.249. The normalized spacial score (nSPS) is 15.6. The molecule has 2 N–H and O–H groups in total. The van der Waals surface area contributed by atoms with Gasteiger partial charge in [0.15, 0.2) is 0 Å². The van der Waals surface area contributed by atoms with Crippen LogP contribution >= 0.6 is 0 Å². The fourth-order valence-corrected chi connectivity index (χ4v) is 3.72. The van der Waals surface area contributed by atoms with Crippen LogP contribution in [0.5, 0.6) is 5.75 Å². The number of nitriles is 1. The number of para-hydroxylation sites is 1. The van der Waals surface area contributed by atoms with Gasteiger partial charge in [0.25, 0.3) is 5.56 Å². The van der Waals surface area contributed by atoms with Crippen molar-refractivity contribution < 1.29 is 9.53 Å². The predicted molar refractivity (Wildman–Crippen MR) is 115 cm³/mol. The number of ether oxygens (including phenoxy) is 1. The topological polar surface area (TPSA) is 124 Å². The van der Waals surface area contributed by atoms with Gasteiger partial charge in [-0.1, -0.05) is 6.07 Å². The van der Waals surface area contributed by atoms with E-state index in [0.717, 1.165) is 18.8 Å². The van der Waals surface area contributed by atoms with Gasteiger partial charge in [0.2, 0.25) is 5.91 Å². The summed E-state index contributed by atoms with van der Waals surface area (Å²) in [4.78, 5) is 38.4. The third-order valence-corrected chi connectivity index (χ3v) is 5.31. The van der Waals surface area contributed by atoms with Gasteiger partial charge < -0.3 is 19.9 Å². The summed E-state index contributed by atoms with van der Waals surface area (Å²) in [5, 5.41) is 12.4. The highest BCUT2D eigenvalue weighted by Crippen LogP contribution is 2.21. The summed E-state index contributed by atoms with van der Waals surface area (Å²) < 4.78 is 5.29. The molecular weight excluding hydrogens is 396 g/mol. The van der Waals surface area contributed by atoms with Crippen molar-refractivity contribution in [2.24, 2.45) is 0 Å². The molecular formula is C22H22N6O3. The maximum Gasteiger partial charge on any atom is 0.258 e. The third-order valence-electron chi connectivity index (χ3n) is 5.31. The number of nitrogens with zero attached hydrogens (tertiary/aromatic N) is 4. The molecule has 1 atom stereocenters. The first-order valence-corrected chi connectivity index (χ1v) is 10.0. The van der Waals surface area contributed by atoms with E-state index in [4.69, 9.17) is 10.00 Å². The molecule has 1 aromatic carbocycles. The standard InChI is InChI=1S/C22H22N6O3/c1-31-17-4-2-3-16-21(17)26-18(27-22(16)30)6-8-20(29)25-15-9-10-28(13-15)19-7-5-14(11-23)12-24-19/h2-5,7,12,15H,6,8-10,13H2,1H3,(H,25,29)(H,26,27,30)/t15-/m1/s1. The number of nitrogens with one attached hydrogen (secondary N) is 2. The Balaban J connectivity index is 1.34. The molecule has 1 aliphatic heterocycles. The van der Waals surface area contributed by atoms with Crippen molar-refractivity contribution in [1.29, 1.82) is 5.26 Å². The molecule has 0 aliphatic carbocycles. The van der Waals surface area contributed by atoms with Crippen LogP contribution in [0, 0.1) is 11.3 Å². The SMILES string of the molecule is COc1cccc2c(=O)[nH]c(CCC(=O)N[C@@H]3CCN(c4ccc(C#N)cn4)C3)nc12. The molecule has 1 fully saturated rings. The molecule has 3 heterocycles. The van der Waals surface area contributed by atoms with Crippen LogP contribution in [-0.4, -0.2) is 47.1 Å². The molecule has 0 spiro atoms. The zero-order valence-corrected chi connectivity index (χ0v) is 17.1. The van der Waals surface area contributed by atoms with E-state index in [0.29, 0.717) is 41.0 Å². The number of amides is 1. The van der Waals surface area contributed by atoms with Gasteiger partial charge in [-0.2, -0.15) is 5.26 Å². The van der Waals surface area contributed by atoms with Crippen LogP contribution < -0.4 is 20.5 Å². The fraction of sp³-hybridized carbons (Fsp3) is 0.318. The number of fused-ring (bicyclic) bond motifs is 1. The number of rotatable bonds is 6. The first-order valence-electron chi connectivity index (χ1n) is 10.0. The van der Waals surface area contributed by atoms with E-state index in [2.05, 4.69) is 31.2 Å². The summed E-state index contributed by atoms with van der Waals surface area (Å²) in [6.07, 6.45) is 2.90. The Kier molecular flexibility index (Phi) is 5.80. The number of hydrogen-bond acceptors (Lipinski definition) is 7. The second kappa shape index (κ2) is 8.83. The first kappa shape index (κ1) is 20.3. The van der Waals surface area contributed by atoms with Crippen molar-refractivity contribution in [3.8, 4) is 11.8 Å². The van der Waals surface area contributed by atoms with E-state index in [9.17, 15) is 9.59 Å². The van der Waals surface area contributed by atoms with E-state index < -0.39 is 0 Å². The number of aromatic nitrogens is 3. The molecule has 0 unspecified atom stereocenters. The van der Waals surface area contributed by atoms with Crippen molar-refractivity contribution in [1.82, 2.24) is 20.3 Å². The molecule has 1 saturated heterocycles. The molecule has 9 heteroatoms. The quantitative estimate of drug-likeness (QED) is 0.622. The number of carbonyl (C=O) groups excluding carboxylic acids is 1. The average molecular weight is 418 g/mol. The first-order chi connectivity index (χ1) is 15.1. The third kappa shape index (κ3) is 4.48. The highest BCUT2D eigenvalue weighted by molar-refractivity contribution is 5.83. The van der Waals surface area contributed by atoms with Crippen molar-refractivity contribution >= 4 is 22.6 Å². The van der Waals surface area contributed by atoms with E-state index >= 15 is 0 Å². The molecule has 2 aromatic heterocycles. The Morgan fingerprint density at radius 2 is 2.26 bits per heavy atom. The molecule has 0 saturated carbocycles. The van der Waals surface area contributed by atoms with Crippen LogP contribution in [0.2, 0.25) is 0 Å². The Labute approximate surface area is 178 Å². The molecule has 158 valence electrons. The summed E-state index contributed by atoms with van der Waals surface area (Å²) in [5.41, 5.74) is 0.761. The number of hydrogen-bond donors (Lipinski definition) is 2. The lowest BCUT2D eigenvalue weighted by atomic mass is 10.2. The highest BCUT2D eigenvalue weighted by Gasteiger charge is 2.24. The summed E-state index contributed by atoms with van der Waals surface area (Å²) in [5.74, 6) is 1.67. The van der Waals surface area contributed by atoms with Gasteiger partial charge >= 0.3 is 0 Å². The number of carbonyl (C=O) groups is 1. The van der Waals surface area contributed by atoms with Crippen LogP contribution in [0.4, 0.5) is 5.82 Å². The van der Waals surface area contributed by atoms with Gasteiger partial charge in [-0.25, -0.2) is 9.97 Å². The Morgan fingerprint density at radius 1 is 1.39 bits per heavy atom. The van der Waals surface area contributed by atoms with E-state index in [1.54, 1.807) is 30.5 Å². The number of methoxy groups -OCH3 is 1. The van der Waals surface area contributed by atoms with Gasteiger partial charge in [-0.15, -0.1) is 0 Å². The maximum absolute atomic E-state index is 12.4. The maximum atomic E-state index is 12.4. The smallest absolute Gasteiger partial charge is 0.258 e. The van der Waals surface area contributed by atoms with Crippen molar-refractivity contribution in [2.45, 2.75) is 25.3 Å². The van der Waals surface area contributed by atoms with Gasteiger partial charge in [0.1, 0.15) is 29.0 Å². The van der Waals surface area contributed by atoms with Crippen LogP contribution in [0.3, 0.4) is 0 Å². The van der Waals surface area contributed by atoms with E-state index in [1.807, 2.05) is 6.07 Å². The van der Waals surface area contributed by atoms with Crippen LogP contribution in [0.1, 0.15) is 24.2 Å². The lowest BCUT2D eigenvalue weighted by Gasteiger charge is -2.18. The van der Waals surface area contributed by atoms with Crippen molar-refractivity contribution in [2.75, 3.05) is 25.1 Å². The monoisotopic (exact) mass is 418 g/mol. The summed E-state index contributed by atoms with van der Waals surface area (Å²) >= 11 is 0. The molecule has 9 nitrogen and oxygen atoms in total. The average Bonchev–Trinajstić information content (AvgIpc) is 3.26. The second-order valence-corrected chi connectivity index (χ2v) is 7.39. The number of pyridine rings is 1. The Morgan fingerprint density at radius 3 is 3.00 bits per heavy atom. The summed E-state index contributed by atoms with van der Waals surface area (Å²) in [6, 6.07) is 10.8. The molecule has 3 aromatic rings. The van der Waals surface area contributed by atoms with Crippen LogP contribution in [0.25, 0.3) is 10.9 Å². The number of aromatic amines is 1. The largest absolute Gasteiger partial charge is 0.494 e. The second-order valence-electron chi connectivity index (χ2n) is 7.39. The number of benzene rings is 1. The highest BCUT2D eigenvalue weighted by atomic mass is 16.5. The molecule has 0 radical (unpaired) electrons. The molecule has 31 heavy (non-hydrogen) atoms. The molecule has 0 bridgehead atoms. The zero-order valence-electron chi connectivity index (χ0n) is 17.1. The van der Waals surface area contributed by atoms with Crippen molar-refractivity contribution in [3.63, 3.8) is 0 Å². The van der Waals surface area contributed by atoms with E-state index in [-0.39, 0.29) is 23.9 Å². The zero-order chi connectivity index (χ0) is 21.8. The summed E-state index contributed by atoms with van der Waals surface area (Å²) in [7, 11) is 1.53. The van der Waals surface area contributed by atoms with Crippen LogP contribution in [0.15, 0.2) is 41.3 Å². The van der Waals surface area contributed by atoms with Gasteiger partial charge in [0, 0.05) is 38.2 Å². The Hall–Kier alpha value is -3.93. The van der Waals surface area contributed by atoms with Gasteiger partial charge in [-0.05, 0) is 30.7 Å². The number of anilines is 1. The minimum Gasteiger partial charge on any atom is -0.494 e. The fourth-order valence-electron chi connectivity index (χ4n) is 3.72. The summed E-state index contributed by atoms with van der Waals surface area (Å²) in [6.45, 7) is 1.44. The Bertz CT molecular complexity index is 1200. The van der Waals surface area contributed by atoms with E-state index in [1.165, 1.54) is 7.11 Å². The molecule has 4 rings (SSSR count).